The lowest BCUT2D eigenvalue weighted by atomic mass is 10.4. The first-order valence-corrected chi connectivity index (χ1v) is 5.08. The molecule has 1 fully saturated rings. The highest BCUT2D eigenvalue weighted by molar-refractivity contribution is 7.63. The van der Waals surface area contributed by atoms with Crippen molar-refractivity contribution in [2.45, 2.75) is 11.7 Å². The molecule has 1 rings (SSSR count). The van der Waals surface area contributed by atoms with Crippen LogP contribution in [0.4, 0.5) is 0 Å². The lowest BCUT2D eigenvalue weighted by Crippen LogP contribution is -2.23. The first-order chi connectivity index (χ1) is 4.98. The van der Waals surface area contributed by atoms with Crippen molar-refractivity contribution in [1.82, 2.24) is 0 Å². The zero-order valence-electron chi connectivity index (χ0n) is 6.23. The predicted octanol–water partition coefficient (Wildman–Crippen LogP) is 1.26. The van der Waals surface area contributed by atoms with E-state index < -0.39 is 12.6 Å². The standard InChI is InChI=1S/C7H12NO2P/c1-3-6-5-7(6,8)11(9,10)4-2/h3-4,6H,1-2,5,8H2,(H,9,10)/t6?,7-/m0/s1. The maximum absolute atomic E-state index is 11.3. The summed E-state index contributed by atoms with van der Waals surface area (Å²) in [6.45, 7) is 6.80. The Morgan fingerprint density at radius 1 is 1.73 bits per heavy atom. The summed E-state index contributed by atoms with van der Waals surface area (Å²) in [6, 6.07) is 0. The van der Waals surface area contributed by atoms with E-state index in [0.29, 0.717) is 6.42 Å². The highest BCUT2D eigenvalue weighted by Gasteiger charge is 2.60. The van der Waals surface area contributed by atoms with Crippen LogP contribution in [0, 0.1) is 5.92 Å². The van der Waals surface area contributed by atoms with Gasteiger partial charge in [0.2, 0.25) is 7.37 Å². The van der Waals surface area contributed by atoms with Gasteiger partial charge in [0.25, 0.3) is 0 Å². The molecule has 0 aromatic heterocycles. The van der Waals surface area contributed by atoms with Crippen molar-refractivity contribution in [3.63, 3.8) is 0 Å². The molecule has 0 amide bonds. The summed E-state index contributed by atoms with van der Waals surface area (Å²) in [5.41, 5.74) is 5.63. The van der Waals surface area contributed by atoms with Gasteiger partial charge in [0, 0.05) is 5.92 Å². The third-order valence-electron chi connectivity index (χ3n) is 2.16. The van der Waals surface area contributed by atoms with Crippen molar-refractivity contribution < 1.29 is 9.46 Å². The Bertz CT molecular complexity index is 251. The number of hydrogen-bond acceptors (Lipinski definition) is 2. The Labute approximate surface area is 66.1 Å². The number of hydrogen-bond donors (Lipinski definition) is 2. The fourth-order valence-electron chi connectivity index (χ4n) is 1.12. The van der Waals surface area contributed by atoms with Crippen molar-refractivity contribution in [2.24, 2.45) is 11.7 Å². The van der Waals surface area contributed by atoms with Gasteiger partial charge in [-0.05, 0) is 12.2 Å². The molecule has 1 aliphatic rings. The molecule has 0 aromatic rings. The normalized spacial score (nSPS) is 40.7. The Morgan fingerprint density at radius 2 is 2.27 bits per heavy atom. The molecular weight excluding hydrogens is 161 g/mol. The second-order valence-electron chi connectivity index (χ2n) is 2.84. The van der Waals surface area contributed by atoms with Gasteiger partial charge in [0.15, 0.2) is 0 Å². The summed E-state index contributed by atoms with van der Waals surface area (Å²) < 4.78 is 11.3. The molecule has 3 nitrogen and oxygen atoms in total. The smallest absolute Gasteiger partial charge is 0.241 e. The van der Waals surface area contributed by atoms with Crippen molar-refractivity contribution in [3.05, 3.63) is 25.1 Å². The largest absolute Gasteiger partial charge is 0.340 e. The average Bonchev–Trinajstić information content (AvgIpc) is 2.64. The van der Waals surface area contributed by atoms with E-state index >= 15 is 0 Å². The minimum atomic E-state index is -3.35. The van der Waals surface area contributed by atoms with Gasteiger partial charge < -0.3 is 10.6 Å². The molecule has 0 spiro atoms. The van der Waals surface area contributed by atoms with E-state index in [1.807, 2.05) is 0 Å². The molecule has 1 aliphatic carbocycles. The van der Waals surface area contributed by atoms with E-state index in [1.165, 1.54) is 0 Å². The van der Waals surface area contributed by atoms with Crippen LogP contribution < -0.4 is 5.73 Å². The topological polar surface area (TPSA) is 63.3 Å². The van der Waals surface area contributed by atoms with E-state index in [-0.39, 0.29) is 5.92 Å². The molecule has 2 unspecified atom stereocenters. The first-order valence-electron chi connectivity index (χ1n) is 3.35. The summed E-state index contributed by atoms with van der Waals surface area (Å²) in [7, 11) is -3.35. The van der Waals surface area contributed by atoms with Crippen LogP contribution in [0.25, 0.3) is 0 Å². The van der Waals surface area contributed by atoms with Crippen molar-refractivity contribution in [2.75, 3.05) is 0 Å². The van der Waals surface area contributed by atoms with Gasteiger partial charge in [-0.15, -0.1) is 6.58 Å². The summed E-state index contributed by atoms with van der Waals surface area (Å²) in [6.07, 6.45) is 2.16. The van der Waals surface area contributed by atoms with Crippen LogP contribution in [0.5, 0.6) is 0 Å². The lowest BCUT2D eigenvalue weighted by molar-refractivity contribution is 0.469. The van der Waals surface area contributed by atoms with Crippen LogP contribution >= 0.6 is 7.37 Å². The Balaban J connectivity index is 2.86. The van der Waals surface area contributed by atoms with Crippen molar-refractivity contribution in [3.8, 4) is 0 Å². The van der Waals surface area contributed by atoms with Gasteiger partial charge in [-0.1, -0.05) is 12.7 Å². The molecular formula is C7H12NO2P. The Kier molecular flexibility index (Phi) is 1.83. The minimum Gasteiger partial charge on any atom is -0.340 e. The van der Waals surface area contributed by atoms with Crippen molar-refractivity contribution in [1.29, 1.82) is 0 Å². The second kappa shape index (κ2) is 2.31. The zero-order valence-corrected chi connectivity index (χ0v) is 7.13. The van der Waals surface area contributed by atoms with E-state index in [0.717, 1.165) is 5.82 Å². The molecule has 0 aliphatic heterocycles. The van der Waals surface area contributed by atoms with E-state index in [4.69, 9.17) is 5.73 Å². The van der Waals surface area contributed by atoms with Crippen LogP contribution in [0.1, 0.15) is 6.42 Å². The second-order valence-corrected chi connectivity index (χ2v) is 5.29. The molecule has 62 valence electrons. The van der Waals surface area contributed by atoms with Gasteiger partial charge in [0.05, 0.1) is 0 Å². The molecule has 3 atom stereocenters. The monoisotopic (exact) mass is 173 g/mol. The van der Waals surface area contributed by atoms with Gasteiger partial charge in [0.1, 0.15) is 5.28 Å². The van der Waals surface area contributed by atoms with E-state index in [2.05, 4.69) is 13.2 Å². The molecule has 1 saturated carbocycles. The maximum Gasteiger partial charge on any atom is 0.241 e. The number of nitrogens with two attached hydrogens (primary N) is 1. The summed E-state index contributed by atoms with van der Waals surface area (Å²) in [5, 5.41) is -0.962. The molecule has 4 heteroatoms. The minimum absolute atomic E-state index is 0.0312. The van der Waals surface area contributed by atoms with Crippen LogP contribution in [0.3, 0.4) is 0 Å². The van der Waals surface area contributed by atoms with Gasteiger partial charge in [-0.3, -0.25) is 4.57 Å². The molecule has 11 heavy (non-hydrogen) atoms. The molecule has 0 heterocycles. The third-order valence-corrected chi connectivity index (χ3v) is 4.36. The predicted molar refractivity (Wildman–Crippen MR) is 45.2 cm³/mol. The first kappa shape index (κ1) is 8.72. The zero-order chi connectivity index (χ0) is 8.70. The van der Waals surface area contributed by atoms with Crippen LogP contribution in [-0.2, 0) is 4.57 Å². The summed E-state index contributed by atoms with van der Waals surface area (Å²) in [5.74, 6) is 1.02. The highest BCUT2D eigenvalue weighted by Crippen LogP contribution is 2.68. The fourth-order valence-corrected chi connectivity index (χ4v) is 2.50. The lowest BCUT2D eigenvalue weighted by Gasteiger charge is -2.14. The Hall–Kier alpha value is -0.370. The molecule has 0 radical (unpaired) electrons. The quantitative estimate of drug-likeness (QED) is 0.498. The Morgan fingerprint density at radius 3 is 2.55 bits per heavy atom. The molecule has 3 N–H and O–H groups in total. The van der Waals surface area contributed by atoms with E-state index in [9.17, 15) is 9.46 Å². The highest BCUT2D eigenvalue weighted by atomic mass is 31.2. The SMILES string of the molecule is C=CC1C[C@]1(N)P(=O)(O)C=C. The molecule has 0 bridgehead atoms. The van der Waals surface area contributed by atoms with Gasteiger partial charge in [-0.2, -0.15) is 0 Å². The van der Waals surface area contributed by atoms with Gasteiger partial charge in [-0.25, -0.2) is 0 Å². The van der Waals surface area contributed by atoms with Gasteiger partial charge >= 0.3 is 0 Å². The average molecular weight is 173 g/mol. The fraction of sp³-hybridized carbons (Fsp3) is 0.429. The third kappa shape index (κ3) is 1.09. The van der Waals surface area contributed by atoms with Crippen molar-refractivity contribution >= 4 is 7.37 Å². The molecule has 0 saturated heterocycles. The number of rotatable bonds is 3. The van der Waals surface area contributed by atoms with E-state index in [1.54, 1.807) is 6.08 Å². The summed E-state index contributed by atoms with van der Waals surface area (Å²) >= 11 is 0. The summed E-state index contributed by atoms with van der Waals surface area (Å²) in [4.78, 5) is 9.29. The van der Waals surface area contributed by atoms with Crippen LogP contribution in [0.2, 0.25) is 0 Å². The maximum atomic E-state index is 11.3. The van der Waals surface area contributed by atoms with Crippen LogP contribution in [0.15, 0.2) is 25.1 Å². The molecule has 0 aromatic carbocycles. The van der Waals surface area contributed by atoms with Crippen LogP contribution in [-0.4, -0.2) is 10.2 Å².